The van der Waals surface area contributed by atoms with Crippen LogP contribution in [0.25, 0.3) is 10.8 Å². The van der Waals surface area contributed by atoms with E-state index in [1.807, 2.05) is 6.08 Å². The Balaban J connectivity index is 2.07. The Bertz CT molecular complexity index is 1070. The number of rotatable bonds is 4. The van der Waals surface area contributed by atoms with Gasteiger partial charge in [-0.15, -0.1) is 6.58 Å². The fraction of sp³-hybridized carbons (Fsp3) is 0.269. The van der Waals surface area contributed by atoms with Gasteiger partial charge < -0.3 is 5.73 Å². The van der Waals surface area contributed by atoms with Crippen molar-refractivity contribution in [3.8, 4) is 0 Å². The second-order valence-electron chi connectivity index (χ2n) is 8.34. The maximum absolute atomic E-state index is 6.96. The Morgan fingerprint density at radius 1 is 0.893 bits per heavy atom. The number of hydrogen-bond donors (Lipinski definition) is 1. The Morgan fingerprint density at radius 3 is 2.04 bits per heavy atom. The number of nitrogens with two attached hydrogens (primary N) is 1. The molecule has 142 valence electrons. The molecule has 2 heteroatoms. The lowest BCUT2D eigenvalue weighted by molar-refractivity contribution is 0.781. The molecule has 0 amide bonds. The van der Waals surface area contributed by atoms with Crippen LogP contribution in [0.2, 0.25) is 0 Å². The second-order valence-corrected chi connectivity index (χ2v) is 8.34. The van der Waals surface area contributed by atoms with Gasteiger partial charge in [-0.2, -0.15) is 0 Å². The van der Waals surface area contributed by atoms with E-state index in [9.17, 15) is 0 Å². The van der Waals surface area contributed by atoms with Gasteiger partial charge in [-0.25, -0.2) is 4.99 Å². The highest BCUT2D eigenvalue weighted by Gasteiger charge is 2.40. The Kier molecular flexibility index (Phi) is 4.47. The Morgan fingerprint density at radius 2 is 1.46 bits per heavy atom. The molecule has 0 heterocycles. The quantitative estimate of drug-likeness (QED) is 0.520. The molecule has 0 bridgehead atoms. The lowest BCUT2D eigenvalue weighted by Crippen LogP contribution is -2.40. The largest absolute Gasteiger partial charge is 0.313 e. The highest BCUT2D eigenvalue weighted by molar-refractivity contribution is 6.24. The van der Waals surface area contributed by atoms with E-state index in [0.717, 1.165) is 22.5 Å². The topological polar surface area (TPSA) is 38.4 Å². The average molecular weight is 369 g/mol. The molecular weight excluding hydrogens is 340 g/mol. The predicted octanol–water partition coefficient (Wildman–Crippen LogP) is 6.56. The first-order valence-electron chi connectivity index (χ1n) is 10.1. The van der Waals surface area contributed by atoms with E-state index in [1.54, 1.807) is 0 Å². The van der Waals surface area contributed by atoms with E-state index in [0.29, 0.717) is 11.8 Å². The summed E-state index contributed by atoms with van der Waals surface area (Å²) in [6.07, 6.45) is 1.84. The van der Waals surface area contributed by atoms with E-state index in [-0.39, 0.29) is 0 Å². The summed E-state index contributed by atoms with van der Waals surface area (Å²) >= 11 is 0. The highest BCUT2D eigenvalue weighted by Crippen LogP contribution is 2.43. The molecule has 1 aliphatic carbocycles. The second kappa shape index (κ2) is 6.72. The van der Waals surface area contributed by atoms with Crippen molar-refractivity contribution in [1.29, 1.82) is 0 Å². The summed E-state index contributed by atoms with van der Waals surface area (Å²) < 4.78 is 0. The van der Waals surface area contributed by atoms with Gasteiger partial charge >= 0.3 is 0 Å². The van der Waals surface area contributed by atoms with Crippen molar-refractivity contribution < 1.29 is 0 Å². The molecule has 0 fully saturated rings. The summed E-state index contributed by atoms with van der Waals surface area (Å²) in [6.45, 7) is 13.0. The van der Waals surface area contributed by atoms with Gasteiger partial charge in [-0.05, 0) is 39.3 Å². The van der Waals surface area contributed by atoms with Crippen molar-refractivity contribution >= 4 is 22.2 Å². The molecule has 1 unspecified atom stereocenters. The van der Waals surface area contributed by atoms with Gasteiger partial charge in [-0.3, -0.25) is 0 Å². The third kappa shape index (κ3) is 2.63. The molecule has 0 radical (unpaired) electrons. The third-order valence-electron chi connectivity index (χ3n) is 5.89. The van der Waals surface area contributed by atoms with Crippen molar-refractivity contribution in [2.24, 2.45) is 10.7 Å². The third-order valence-corrected chi connectivity index (χ3v) is 5.89. The fourth-order valence-electron chi connectivity index (χ4n) is 4.35. The monoisotopic (exact) mass is 368 g/mol. The molecule has 2 N–H and O–H groups in total. The van der Waals surface area contributed by atoms with Crippen LogP contribution in [-0.4, -0.2) is 5.71 Å². The summed E-state index contributed by atoms with van der Waals surface area (Å²) in [6, 6.07) is 19.2. The summed E-state index contributed by atoms with van der Waals surface area (Å²) in [7, 11) is 0. The summed E-state index contributed by atoms with van der Waals surface area (Å²) in [5, 5.41) is 2.39. The van der Waals surface area contributed by atoms with Crippen molar-refractivity contribution in [3.63, 3.8) is 0 Å². The number of nitrogens with zero attached hydrogens (tertiary/aromatic N) is 1. The van der Waals surface area contributed by atoms with Crippen LogP contribution in [0.3, 0.4) is 0 Å². The van der Waals surface area contributed by atoms with Crippen molar-refractivity contribution in [1.82, 2.24) is 0 Å². The molecule has 2 nitrogen and oxygen atoms in total. The molecule has 4 rings (SSSR count). The predicted molar refractivity (Wildman–Crippen MR) is 121 cm³/mol. The van der Waals surface area contributed by atoms with Crippen LogP contribution >= 0.6 is 0 Å². The Labute approximate surface area is 167 Å². The molecule has 0 spiro atoms. The SMILES string of the molecule is C=CC1(N)C(=Nc2c(C(C)C)cccc2C(C)C)c2cccc3cccc1c23. The number of aliphatic imine (C=N–C) groups is 1. The summed E-state index contributed by atoms with van der Waals surface area (Å²) in [4.78, 5) is 5.28. The van der Waals surface area contributed by atoms with Crippen LogP contribution in [-0.2, 0) is 5.54 Å². The smallest absolute Gasteiger partial charge is 0.104 e. The van der Waals surface area contributed by atoms with Gasteiger partial charge in [0, 0.05) is 5.56 Å². The molecule has 0 saturated heterocycles. The van der Waals surface area contributed by atoms with Crippen LogP contribution < -0.4 is 5.73 Å². The standard InChI is InChI=1S/C26H28N2/c1-6-26(27)22-15-8-11-18-10-7-14-21(23(18)22)25(26)28-24-19(16(2)3)12-9-13-20(24)17(4)5/h6-17H,1,27H2,2-5H3. The lowest BCUT2D eigenvalue weighted by atomic mass is 9.89. The van der Waals surface area contributed by atoms with Gasteiger partial charge in [0.2, 0.25) is 0 Å². The summed E-state index contributed by atoms with van der Waals surface area (Å²) in [5.41, 5.74) is 12.8. The fourth-order valence-corrected chi connectivity index (χ4v) is 4.35. The van der Waals surface area contributed by atoms with E-state index in [1.165, 1.54) is 21.9 Å². The minimum absolute atomic E-state index is 0.383. The van der Waals surface area contributed by atoms with Crippen LogP contribution in [0.5, 0.6) is 0 Å². The minimum atomic E-state index is -0.790. The van der Waals surface area contributed by atoms with Crippen LogP contribution in [0.4, 0.5) is 5.69 Å². The molecular formula is C26H28N2. The lowest BCUT2D eigenvalue weighted by Gasteiger charge is -2.24. The van der Waals surface area contributed by atoms with Gasteiger partial charge in [0.25, 0.3) is 0 Å². The van der Waals surface area contributed by atoms with Crippen molar-refractivity contribution in [3.05, 3.63) is 89.5 Å². The van der Waals surface area contributed by atoms with Gasteiger partial charge in [-0.1, -0.05) is 88.4 Å². The molecule has 3 aromatic carbocycles. The highest BCUT2D eigenvalue weighted by atomic mass is 14.9. The van der Waals surface area contributed by atoms with Crippen LogP contribution in [0.1, 0.15) is 61.8 Å². The molecule has 0 aromatic heterocycles. The first-order chi connectivity index (χ1) is 13.4. The molecule has 3 aromatic rings. The molecule has 0 saturated carbocycles. The van der Waals surface area contributed by atoms with Gasteiger partial charge in [0.1, 0.15) is 5.54 Å². The van der Waals surface area contributed by atoms with Crippen molar-refractivity contribution in [2.45, 2.75) is 45.1 Å². The molecule has 1 atom stereocenters. The number of hydrogen-bond acceptors (Lipinski definition) is 2. The summed E-state index contributed by atoms with van der Waals surface area (Å²) in [5.74, 6) is 0.766. The molecule has 0 aliphatic heterocycles. The number of para-hydroxylation sites is 1. The molecule has 28 heavy (non-hydrogen) atoms. The first kappa shape index (κ1) is 18.6. The van der Waals surface area contributed by atoms with Crippen LogP contribution in [0, 0.1) is 0 Å². The molecule has 1 aliphatic rings. The minimum Gasteiger partial charge on any atom is -0.313 e. The van der Waals surface area contributed by atoms with Crippen LogP contribution in [0.15, 0.2) is 72.2 Å². The number of benzene rings is 3. The van der Waals surface area contributed by atoms with Crippen molar-refractivity contribution in [2.75, 3.05) is 0 Å². The first-order valence-corrected chi connectivity index (χ1v) is 10.1. The maximum Gasteiger partial charge on any atom is 0.104 e. The van der Waals surface area contributed by atoms with E-state index < -0.39 is 5.54 Å². The maximum atomic E-state index is 6.96. The van der Waals surface area contributed by atoms with Gasteiger partial charge in [0.15, 0.2) is 0 Å². The zero-order valence-corrected chi connectivity index (χ0v) is 17.2. The van der Waals surface area contributed by atoms with E-state index in [2.05, 4.69) is 88.9 Å². The normalized spacial score (nSPS) is 19.9. The van der Waals surface area contributed by atoms with E-state index >= 15 is 0 Å². The average Bonchev–Trinajstić information content (AvgIpc) is 2.93. The zero-order chi connectivity index (χ0) is 20.1. The Hall–Kier alpha value is -2.71. The van der Waals surface area contributed by atoms with E-state index in [4.69, 9.17) is 10.7 Å². The zero-order valence-electron chi connectivity index (χ0n) is 17.2. The van der Waals surface area contributed by atoms with Gasteiger partial charge in [0.05, 0.1) is 11.4 Å².